The van der Waals surface area contributed by atoms with Crippen molar-refractivity contribution in [2.45, 2.75) is 76.7 Å². The van der Waals surface area contributed by atoms with Gasteiger partial charge in [-0.05, 0) is 43.7 Å². The number of thioether (sulfide) groups is 1. The minimum absolute atomic E-state index is 0.109. The number of ether oxygens (including phenoxy) is 1. The molecule has 17 heavy (non-hydrogen) atoms. The summed E-state index contributed by atoms with van der Waals surface area (Å²) >= 11 is 1.19. The van der Waals surface area contributed by atoms with E-state index in [0.717, 1.165) is 12.8 Å². The van der Waals surface area contributed by atoms with Crippen LogP contribution in [0.3, 0.4) is 0 Å². The topological polar surface area (TPSA) is 26.3 Å². The second-order valence-corrected chi connectivity index (χ2v) is 5.69. The Labute approximate surface area is 110 Å². The van der Waals surface area contributed by atoms with Gasteiger partial charge < -0.3 is 4.74 Å². The van der Waals surface area contributed by atoms with E-state index in [4.69, 9.17) is 4.74 Å². The highest BCUT2D eigenvalue weighted by molar-refractivity contribution is 8.12. The first-order valence-corrected chi connectivity index (χ1v) is 8.30. The minimum atomic E-state index is -0.109. The van der Waals surface area contributed by atoms with Crippen molar-refractivity contribution < 1.29 is 9.53 Å². The average Bonchev–Trinajstić information content (AvgIpc) is 2.32. The SMILES string of the molecule is CSC(=O)OC1CCCCCCCCCCC1. The van der Waals surface area contributed by atoms with E-state index in [2.05, 4.69) is 0 Å². The summed E-state index contributed by atoms with van der Waals surface area (Å²) in [5.74, 6) is 0. The zero-order valence-corrected chi connectivity index (χ0v) is 11.9. The summed E-state index contributed by atoms with van der Waals surface area (Å²) in [7, 11) is 0. The number of carbonyl (C=O) groups excluding carboxylic acids is 1. The fraction of sp³-hybridized carbons (Fsp3) is 0.929. The molecule has 0 atom stereocenters. The van der Waals surface area contributed by atoms with Gasteiger partial charge in [0.1, 0.15) is 6.10 Å². The van der Waals surface area contributed by atoms with Crippen molar-refractivity contribution in [1.29, 1.82) is 0 Å². The third-order valence-electron chi connectivity index (χ3n) is 3.48. The molecule has 3 heteroatoms. The third kappa shape index (κ3) is 7.69. The molecule has 1 aliphatic carbocycles. The van der Waals surface area contributed by atoms with E-state index >= 15 is 0 Å². The van der Waals surface area contributed by atoms with Crippen molar-refractivity contribution in [3.63, 3.8) is 0 Å². The van der Waals surface area contributed by atoms with Crippen molar-refractivity contribution in [1.82, 2.24) is 0 Å². The zero-order valence-electron chi connectivity index (χ0n) is 11.1. The van der Waals surface area contributed by atoms with E-state index in [1.807, 2.05) is 0 Å². The molecule has 0 aliphatic heterocycles. The van der Waals surface area contributed by atoms with Crippen molar-refractivity contribution in [3.05, 3.63) is 0 Å². The summed E-state index contributed by atoms with van der Waals surface area (Å²) in [4.78, 5) is 11.3. The maximum atomic E-state index is 11.3. The Hall–Kier alpha value is -0.180. The summed E-state index contributed by atoms with van der Waals surface area (Å²) in [5, 5.41) is -0.109. The predicted molar refractivity (Wildman–Crippen MR) is 74.6 cm³/mol. The van der Waals surface area contributed by atoms with Crippen LogP contribution in [0.2, 0.25) is 0 Å². The molecule has 0 aromatic heterocycles. The number of hydrogen-bond donors (Lipinski definition) is 0. The number of hydrogen-bond acceptors (Lipinski definition) is 3. The molecule has 2 nitrogen and oxygen atoms in total. The summed E-state index contributed by atoms with van der Waals surface area (Å²) in [6.07, 6.45) is 16.0. The molecule has 0 heterocycles. The molecule has 0 saturated heterocycles. The fourth-order valence-electron chi connectivity index (χ4n) is 2.43. The quantitative estimate of drug-likeness (QED) is 0.608. The molecule has 1 rings (SSSR count). The molecular weight excluding hydrogens is 232 g/mol. The van der Waals surface area contributed by atoms with Gasteiger partial charge >= 0.3 is 5.30 Å². The lowest BCUT2D eigenvalue weighted by Crippen LogP contribution is -2.15. The number of rotatable bonds is 1. The lowest BCUT2D eigenvalue weighted by Gasteiger charge is -2.18. The second kappa shape index (κ2) is 9.81. The maximum Gasteiger partial charge on any atom is 0.367 e. The van der Waals surface area contributed by atoms with Crippen LogP contribution in [0.4, 0.5) is 4.79 Å². The lowest BCUT2D eigenvalue weighted by molar-refractivity contribution is 0.107. The van der Waals surface area contributed by atoms with Gasteiger partial charge in [0.2, 0.25) is 0 Å². The summed E-state index contributed by atoms with van der Waals surface area (Å²) in [6.45, 7) is 0. The van der Waals surface area contributed by atoms with E-state index in [9.17, 15) is 4.79 Å². The van der Waals surface area contributed by atoms with Crippen LogP contribution in [0.5, 0.6) is 0 Å². The van der Waals surface area contributed by atoms with Gasteiger partial charge in [0, 0.05) is 0 Å². The van der Waals surface area contributed by atoms with Crippen LogP contribution in [-0.4, -0.2) is 17.7 Å². The molecule has 100 valence electrons. The fourth-order valence-corrected chi connectivity index (χ4v) is 2.66. The molecular formula is C14H26O2S. The van der Waals surface area contributed by atoms with Crippen LogP contribution in [0, 0.1) is 0 Å². The molecule has 0 radical (unpaired) electrons. The third-order valence-corrected chi connectivity index (χ3v) is 3.91. The predicted octanol–water partition coefficient (Wildman–Crippen LogP) is 5.16. The standard InChI is InChI=1S/C14H26O2S/c1-17-14(15)16-13-11-9-7-5-3-2-4-6-8-10-12-13/h13H,2-12H2,1H3. The molecule has 1 fully saturated rings. The zero-order chi connectivity index (χ0) is 12.3. The van der Waals surface area contributed by atoms with E-state index in [0.29, 0.717) is 0 Å². The van der Waals surface area contributed by atoms with Gasteiger partial charge in [-0.1, -0.05) is 44.9 Å². The molecule has 0 aromatic rings. The van der Waals surface area contributed by atoms with E-state index in [1.165, 1.54) is 69.5 Å². The molecule has 0 aromatic carbocycles. The first-order valence-electron chi connectivity index (χ1n) is 7.07. The van der Waals surface area contributed by atoms with Crippen LogP contribution in [0.15, 0.2) is 0 Å². The second-order valence-electron chi connectivity index (χ2n) is 4.95. The van der Waals surface area contributed by atoms with Crippen molar-refractivity contribution in [2.24, 2.45) is 0 Å². The van der Waals surface area contributed by atoms with Gasteiger partial charge in [-0.25, -0.2) is 4.79 Å². The molecule has 0 bridgehead atoms. The molecule has 0 spiro atoms. The molecule has 1 saturated carbocycles. The highest BCUT2D eigenvalue weighted by atomic mass is 32.2. The Bertz CT molecular complexity index is 194. The highest BCUT2D eigenvalue weighted by Crippen LogP contribution is 2.20. The van der Waals surface area contributed by atoms with E-state index in [1.54, 1.807) is 6.26 Å². The van der Waals surface area contributed by atoms with E-state index in [-0.39, 0.29) is 11.4 Å². The van der Waals surface area contributed by atoms with Gasteiger partial charge in [-0.2, -0.15) is 0 Å². The monoisotopic (exact) mass is 258 g/mol. The minimum Gasteiger partial charge on any atom is -0.454 e. The lowest BCUT2D eigenvalue weighted by atomic mass is 9.99. The smallest absolute Gasteiger partial charge is 0.367 e. The van der Waals surface area contributed by atoms with Gasteiger partial charge in [-0.15, -0.1) is 0 Å². The van der Waals surface area contributed by atoms with Crippen LogP contribution in [-0.2, 0) is 4.74 Å². The van der Waals surface area contributed by atoms with Crippen LogP contribution in [0.25, 0.3) is 0 Å². The largest absolute Gasteiger partial charge is 0.454 e. The molecule has 1 aliphatic rings. The van der Waals surface area contributed by atoms with Crippen molar-refractivity contribution in [2.75, 3.05) is 6.26 Å². The van der Waals surface area contributed by atoms with Crippen LogP contribution >= 0.6 is 11.8 Å². The first kappa shape index (κ1) is 14.9. The maximum absolute atomic E-state index is 11.3. The first-order chi connectivity index (χ1) is 8.33. The highest BCUT2D eigenvalue weighted by Gasteiger charge is 2.13. The molecule has 0 unspecified atom stereocenters. The normalized spacial score (nSPS) is 21.2. The van der Waals surface area contributed by atoms with Gasteiger partial charge in [0.25, 0.3) is 0 Å². The summed E-state index contributed by atoms with van der Waals surface area (Å²) < 4.78 is 5.47. The van der Waals surface area contributed by atoms with Gasteiger partial charge in [0.15, 0.2) is 0 Å². The van der Waals surface area contributed by atoms with Gasteiger partial charge in [-0.3, -0.25) is 0 Å². The Morgan fingerprint density at radius 2 is 1.29 bits per heavy atom. The van der Waals surface area contributed by atoms with Crippen molar-refractivity contribution >= 4 is 17.1 Å². The molecule has 0 amide bonds. The van der Waals surface area contributed by atoms with Crippen LogP contribution < -0.4 is 0 Å². The number of carbonyl (C=O) groups is 1. The Balaban J connectivity index is 2.29. The summed E-state index contributed by atoms with van der Waals surface area (Å²) in [5.41, 5.74) is 0. The average molecular weight is 258 g/mol. The Morgan fingerprint density at radius 1 is 0.882 bits per heavy atom. The Kier molecular flexibility index (Phi) is 8.59. The van der Waals surface area contributed by atoms with E-state index < -0.39 is 0 Å². The van der Waals surface area contributed by atoms with Crippen LogP contribution in [0.1, 0.15) is 70.6 Å². The van der Waals surface area contributed by atoms with Crippen molar-refractivity contribution in [3.8, 4) is 0 Å². The summed E-state index contributed by atoms with van der Waals surface area (Å²) in [6, 6.07) is 0. The molecule has 0 N–H and O–H groups in total. The Morgan fingerprint density at radius 3 is 1.71 bits per heavy atom. The van der Waals surface area contributed by atoms with Gasteiger partial charge in [0.05, 0.1) is 0 Å².